The number of aromatic nitrogens is 1. The van der Waals surface area contributed by atoms with Gasteiger partial charge in [0.1, 0.15) is 5.82 Å². The SMILES string of the molecule is Cc1ccc(N(C)c2nc(C)ccc2C(N)=NO)cc1. The third-order valence-electron chi connectivity index (χ3n) is 3.14. The molecule has 0 fully saturated rings. The standard InChI is InChI=1S/C15H18N4O/c1-10-4-7-12(8-5-10)19(3)15-13(14(16)18-20)9-6-11(2)17-15/h4-9,20H,1-3H3,(H2,16,18). The number of aryl methyl sites for hydroxylation is 2. The molecule has 3 N–H and O–H groups in total. The third-order valence-corrected chi connectivity index (χ3v) is 3.14. The quantitative estimate of drug-likeness (QED) is 0.389. The molecule has 104 valence electrons. The van der Waals surface area contributed by atoms with Crippen molar-refractivity contribution in [3.63, 3.8) is 0 Å². The first-order chi connectivity index (χ1) is 9.52. The van der Waals surface area contributed by atoms with E-state index in [-0.39, 0.29) is 5.84 Å². The van der Waals surface area contributed by atoms with Gasteiger partial charge in [0.15, 0.2) is 5.84 Å². The Hall–Kier alpha value is -2.56. The summed E-state index contributed by atoms with van der Waals surface area (Å²) in [4.78, 5) is 6.41. The molecule has 1 aromatic carbocycles. The number of amidine groups is 1. The highest BCUT2D eigenvalue weighted by molar-refractivity contribution is 6.02. The predicted octanol–water partition coefficient (Wildman–Crippen LogP) is 2.56. The van der Waals surface area contributed by atoms with Gasteiger partial charge in [0.05, 0.1) is 5.56 Å². The van der Waals surface area contributed by atoms with Crippen LogP contribution in [0.15, 0.2) is 41.6 Å². The first kappa shape index (κ1) is 13.9. The largest absolute Gasteiger partial charge is 0.409 e. The Kier molecular flexibility index (Phi) is 3.89. The maximum absolute atomic E-state index is 8.89. The topological polar surface area (TPSA) is 74.7 Å². The number of hydrogen-bond acceptors (Lipinski definition) is 4. The fourth-order valence-corrected chi connectivity index (χ4v) is 1.94. The summed E-state index contributed by atoms with van der Waals surface area (Å²) in [5.41, 5.74) is 9.36. The molecular weight excluding hydrogens is 252 g/mol. The van der Waals surface area contributed by atoms with E-state index in [9.17, 15) is 0 Å². The highest BCUT2D eigenvalue weighted by Gasteiger charge is 2.14. The molecule has 0 saturated carbocycles. The lowest BCUT2D eigenvalue weighted by Crippen LogP contribution is -2.21. The lowest BCUT2D eigenvalue weighted by Gasteiger charge is -2.21. The number of oxime groups is 1. The van der Waals surface area contributed by atoms with Crippen LogP contribution in [0, 0.1) is 13.8 Å². The summed E-state index contributed by atoms with van der Waals surface area (Å²) in [5, 5.41) is 12.0. The van der Waals surface area contributed by atoms with Crippen LogP contribution in [0.4, 0.5) is 11.5 Å². The van der Waals surface area contributed by atoms with Crippen molar-refractivity contribution in [1.29, 1.82) is 0 Å². The van der Waals surface area contributed by atoms with Gasteiger partial charge >= 0.3 is 0 Å². The maximum Gasteiger partial charge on any atom is 0.173 e. The van der Waals surface area contributed by atoms with Crippen LogP contribution in [0.3, 0.4) is 0 Å². The average Bonchev–Trinajstić information content (AvgIpc) is 2.46. The van der Waals surface area contributed by atoms with E-state index < -0.39 is 0 Å². The van der Waals surface area contributed by atoms with E-state index in [1.54, 1.807) is 6.07 Å². The molecule has 2 aromatic rings. The van der Waals surface area contributed by atoms with Gasteiger partial charge in [-0.2, -0.15) is 0 Å². The molecule has 0 atom stereocenters. The molecule has 0 aliphatic heterocycles. The van der Waals surface area contributed by atoms with E-state index in [1.807, 2.05) is 56.1 Å². The van der Waals surface area contributed by atoms with Gasteiger partial charge in [-0.25, -0.2) is 4.98 Å². The van der Waals surface area contributed by atoms with Crippen molar-refractivity contribution in [1.82, 2.24) is 4.98 Å². The molecular formula is C15H18N4O. The Labute approximate surface area is 118 Å². The van der Waals surface area contributed by atoms with Gasteiger partial charge in [-0.1, -0.05) is 22.9 Å². The minimum atomic E-state index is 0.0476. The summed E-state index contributed by atoms with van der Waals surface area (Å²) in [6, 6.07) is 11.7. The second-order valence-corrected chi connectivity index (χ2v) is 4.70. The molecule has 1 aromatic heterocycles. The van der Waals surface area contributed by atoms with Crippen molar-refractivity contribution in [3.8, 4) is 0 Å². The van der Waals surface area contributed by atoms with Crippen molar-refractivity contribution < 1.29 is 5.21 Å². The summed E-state index contributed by atoms with van der Waals surface area (Å²) in [7, 11) is 1.90. The van der Waals surface area contributed by atoms with Crippen molar-refractivity contribution in [2.45, 2.75) is 13.8 Å². The lowest BCUT2D eigenvalue weighted by molar-refractivity contribution is 0.318. The zero-order valence-electron chi connectivity index (χ0n) is 11.8. The summed E-state index contributed by atoms with van der Waals surface area (Å²) < 4.78 is 0. The van der Waals surface area contributed by atoms with Crippen molar-refractivity contribution >= 4 is 17.3 Å². The van der Waals surface area contributed by atoms with Gasteiger partial charge in [-0.15, -0.1) is 0 Å². The minimum absolute atomic E-state index is 0.0476. The summed E-state index contributed by atoms with van der Waals surface area (Å²) in [6.45, 7) is 3.94. The molecule has 0 saturated heterocycles. The minimum Gasteiger partial charge on any atom is -0.409 e. The second-order valence-electron chi connectivity index (χ2n) is 4.70. The molecule has 0 bridgehead atoms. The number of rotatable bonds is 3. The molecule has 1 heterocycles. The monoisotopic (exact) mass is 270 g/mol. The molecule has 20 heavy (non-hydrogen) atoms. The van der Waals surface area contributed by atoms with Crippen LogP contribution < -0.4 is 10.6 Å². The fourth-order valence-electron chi connectivity index (χ4n) is 1.94. The van der Waals surface area contributed by atoms with Crippen LogP contribution >= 0.6 is 0 Å². The zero-order valence-corrected chi connectivity index (χ0v) is 11.8. The predicted molar refractivity (Wildman–Crippen MR) is 80.7 cm³/mol. The number of nitrogens with two attached hydrogens (primary N) is 1. The van der Waals surface area contributed by atoms with Crippen LogP contribution in [-0.2, 0) is 0 Å². The number of hydrogen-bond donors (Lipinski definition) is 2. The molecule has 0 aliphatic rings. The molecule has 2 rings (SSSR count). The number of pyridine rings is 1. The van der Waals surface area contributed by atoms with Crippen molar-refractivity contribution in [2.75, 3.05) is 11.9 Å². The third kappa shape index (κ3) is 2.71. The fraction of sp³-hybridized carbons (Fsp3) is 0.200. The van der Waals surface area contributed by atoms with E-state index in [4.69, 9.17) is 10.9 Å². The Balaban J connectivity index is 2.50. The first-order valence-corrected chi connectivity index (χ1v) is 6.29. The van der Waals surface area contributed by atoms with Gasteiger partial charge in [0, 0.05) is 18.4 Å². The van der Waals surface area contributed by atoms with Crippen LogP contribution in [-0.4, -0.2) is 23.1 Å². The molecule has 0 spiro atoms. The number of benzene rings is 1. The lowest BCUT2D eigenvalue weighted by atomic mass is 10.1. The Morgan fingerprint density at radius 3 is 2.40 bits per heavy atom. The Morgan fingerprint density at radius 2 is 1.80 bits per heavy atom. The van der Waals surface area contributed by atoms with Crippen LogP contribution in [0.2, 0.25) is 0 Å². The molecule has 0 unspecified atom stereocenters. The van der Waals surface area contributed by atoms with E-state index in [2.05, 4.69) is 10.1 Å². The summed E-state index contributed by atoms with van der Waals surface area (Å²) >= 11 is 0. The zero-order chi connectivity index (χ0) is 14.7. The molecule has 0 radical (unpaired) electrons. The maximum atomic E-state index is 8.89. The Bertz CT molecular complexity index is 635. The molecule has 0 aliphatic carbocycles. The molecule has 5 heteroatoms. The normalized spacial score (nSPS) is 11.4. The first-order valence-electron chi connectivity index (χ1n) is 6.29. The van der Waals surface area contributed by atoms with Crippen molar-refractivity contribution in [3.05, 3.63) is 53.2 Å². The molecule has 5 nitrogen and oxygen atoms in total. The smallest absolute Gasteiger partial charge is 0.173 e. The van der Waals surface area contributed by atoms with Gasteiger partial charge in [-0.05, 0) is 38.1 Å². The highest BCUT2D eigenvalue weighted by Crippen LogP contribution is 2.25. The number of nitrogens with zero attached hydrogens (tertiary/aromatic N) is 3. The van der Waals surface area contributed by atoms with E-state index >= 15 is 0 Å². The summed E-state index contributed by atoms with van der Waals surface area (Å²) in [6.07, 6.45) is 0. The summed E-state index contributed by atoms with van der Waals surface area (Å²) in [5.74, 6) is 0.704. The van der Waals surface area contributed by atoms with Crippen molar-refractivity contribution in [2.24, 2.45) is 10.9 Å². The second kappa shape index (κ2) is 5.61. The Morgan fingerprint density at radius 1 is 1.15 bits per heavy atom. The number of anilines is 2. The highest BCUT2D eigenvalue weighted by atomic mass is 16.4. The van der Waals surface area contributed by atoms with Crippen LogP contribution in [0.1, 0.15) is 16.8 Å². The van der Waals surface area contributed by atoms with E-state index in [0.29, 0.717) is 11.4 Å². The van der Waals surface area contributed by atoms with Gasteiger partial charge < -0.3 is 15.8 Å². The van der Waals surface area contributed by atoms with Gasteiger partial charge in [-0.3, -0.25) is 0 Å². The van der Waals surface area contributed by atoms with E-state index in [1.165, 1.54) is 5.56 Å². The molecule has 0 amide bonds. The van der Waals surface area contributed by atoms with E-state index in [0.717, 1.165) is 11.4 Å². The van der Waals surface area contributed by atoms with Crippen LogP contribution in [0.25, 0.3) is 0 Å². The van der Waals surface area contributed by atoms with Gasteiger partial charge in [0.25, 0.3) is 0 Å². The van der Waals surface area contributed by atoms with Crippen LogP contribution in [0.5, 0.6) is 0 Å². The van der Waals surface area contributed by atoms with Gasteiger partial charge in [0.2, 0.25) is 0 Å². The average molecular weight is 270 g/mol.